The summed E-state index contributed by atoms with van der Waals surface area (Å²) < 4.78 is 0.465. The fourth-order valence-electron chi connectivity index (χ4n) is 4.77. The Morgan fingerprint density at radius 2 is 0.861 bits per heavy atom. The number of unbranched alkanes of at least 4 members (excludes halogenated alkanes) is 13. The molecule has 0 aliphatic rings. The minimum absolute atomic E-state index is 0.0601. The summed E-state index contributed by atoms with van der Waals surface area (Å²) in [6, 6.07) is 0. The van der Waals surface area contributed by atoms with Gasteiger partial charge in [-0.1, -0.05) is 84.0 Å². The smallest absolute Gasteiger partial charge is 0.303 e. The van der Waals surface area contributed by atoms with Crippen LogP contribution in [0.15, 0.2) is 12.3 Å². The van der Waals surface area contributed by atoms with Crippen molar-refractivity contribution in [3.8, 4) is 0 Å². The second kappa shape index (κ2) is 23.5. The molecule has 0 bridgehead atoms. The van der Waals surface area contributed by atoms with Gasteiger partial charge in [0.2, 0.25) is 0 Å². The third-order valence-electron chi connectivity index (χ3n) is 6.88. The predicted molar refractivity (Wildman–Crippen MR) is 145 cm³/mol. The average molecular weight is 513 g/mol. The molecule has 0 amide bonds. The van der Waals surface area contributed by atoms with Crippen LogP contribution >= 0.6 is 0 Å². The van der Waals surface area contributed by atoms with Crippen molar-refractivity contribution in [1.29, 1.82) is 0 Å². The van der Waals surface area contributed by atoms with Crippen LogP contribution in [0.5, 0.6) is 0 Å². The number of nitrogens with zero attached hydrogens (tertiary/aromatic N) is 1. The standard InChI is InChI=1S/C29H53NO6/c1-2-3-4-5-6-7-8-9-10-11-12-13-14-15-16-23-30(24-17-20-27(31)32,25-18-21-28(33)34)26-19-22-29(35)36/h16,23H,2-15,17-22,24-26H2,1H3,(H2-,31,32,33,34,35,36)/p+1/b23-16+. The number of hydrogen-bond acceptors (Lipinski definition) is 3. The molecular weight excluding hydrogens is 458 g/mol. The first-order chi connectivity index (χ1) is 17.3. The summed E-state index contributed by atoms with van der Waals surface area (Å²) in [5.41, 5.74) is 0. The summed E-state index contributed by atoms with van der Waals surface area (Å²) in [6.07, 6.45) is 23.9. The lowest BCUT2D eigenvalue weighted by atomic mass is 10.0. The van der Waals surface area contributed by atoms with Crippen LogP contribution < -0.4 is 0 Å². The molecule has 0 aromatic carbocycles. The summed E-state index contributed by atoms with van der Waals surface area (Å²) in [5.74, 6) is -2.54. The van der Waals surface area contributed by atoms with E-state index in [1.165, 1.54) is 77.0 Å². The molecule has 0 saturated heterocycles. The van der Waals surface area contributed by atoms with E-state index in [1.807, 2.05) is 0 Å². The van der Waals surface area contributed by atoms with Gasteiger partial charge in [-0.25, -0.2) is 0 Å². The van der Waals surface area contributed by atoms with Gasteiger partial charge in [-0.05, 0) is 18.9 Å². The zero-order chi connectivity index (χ0) is 26.9. The highest BCUT2D eigenvalue weighted by Crippen LogP contribution is 2.18. The second-order valence-electron chi connectivity index (χ2n) is 10.3. The fraction of sp³-hybridized carbons (Fsp3) is 0.828. The maximum Gasteiger partial charge on any atom is 0.303 e. The third-order valence-corrected chi connectivity index (χ3v) is 6.88. The highest BCUT2D eigenvalue weighted by Gasteiger charge is 2.25. The highest BCUT2D eigenvalue weighted by molar-refractivity contribution is 5.67. The van der Waals surface area contributed by atoms with Crippen LogP contribution in [0, 0.1) is 0 Å². The van der Waals surface area contributed by atoms with Crippen LogP contribution in [0.1, 0.15) is 135 Å². The van der Waals surface area contributed by atoms with Crippen molar-refractivity contribution in [2.24, 2.45) is 0 Å². The molecule has 36 heavy (non-hydrogen) atoms. The maximum absolute atomic E-state index is 11.0. The lowest BCUT2D eigenvalue weighted by molar-refractivity contribution is -0.880. The largest absolute Gasteiger partial charge is 0.481 e. The zero-order valence-electron chi connectivity index (χ0n) is 22.9. The van der Waals surface area contributed by atoms with Crippen LogP contribution in [-0.4, -0.2) is 57.3 Å². The van der Waals surface area contributed by atoms with Crippen LogP contribution in [0.3, 0.4) is 0 Å². The molecule has 7 nitrogen and oxygen atoms in total. The second-order valence-corrected chi connectivity index (χ2v) is 10.3. The van der Waals surface area contributed by atoms with Gasteiger partial charge < -0.3 is 15.3 Å². The molecule has 0 aliphatic carbocycles. The minimum atomic E-state index is -0.847. The Balaban J connectivity index is 4.43. The summed E-state index contributed by atoms with van der Waals surface area (Å²) in [6.45, 7) is 4.01. The number of allylic oxidation sites excluding steroid dienone is 1. The highest BCUT2D eigenvalue weighted by atomic mass is 16.4. The normalized spacial score (nSPS) is 11.8. The molecule has 0 rings (SSSR count). The van der Waals surface area contributed by atoms with Gasteiger partial charge in [0.15, 0.2) is 0 Å². The third kappa shape index (κ3) is 22.6. The van der Waals surface area contributed by atoms with E-state index in [9.17, 15) is 14.4 Å². The summed E-state index contributed by atoms with van der Waals surface area (Å²) in [5, 5.41) is 27.1. The molecule has 0 atom stereocenters. The molecule has 0 spiro atoms. The molecule has 0 radical (unpaired) electrons. The molecule has 210 valence electrons. The lowest BCUT2D eigenvalue weighted by Crippen LogP contribution is -2.45. The molecular formula is C29H54NO6+. The van der Waals surface area contributed by atoms with E-state index >= 15 is 0 Å². The van der Waals surface area contributed by atoms with Crippen molar-refractivity contribution in [1.82, 2.24) is 0 Å². The Morgan fingerprint density at radius 3 is 1.19 bits per heavy atom. The number of carboxylic acid groups (broad SMARTS) is 3. The van der Waals surface area contributed by atoms with Gasteiger partial charge in [0.25, 0.3) is 0 Å². The summed E-state index contributed by atoms with van der Waals surface area (Å²) >= 11 is 0. The van der Waals surface area contributed by atoms with E-state index in [-0.39, 0.29) is 19.3 Å². The van der Waals surface area contributed by atoms with Crippen LogP contribution in [0.25, 0.3) is 0 Å². The van der Waals surface area contributed by atoms with Crippen molar-refractivity contribution in [3.63, 3.8) is 0 Å². The molecule has 0 fully saturated rings. The molecule has 0 aliphatic heterocycles. The Bertz CT molecular complexity index is 554. The Kier molecular flexibility index (Phi) is 22.3. The number of rotatable bonds is 27. The van der Waals surface area contributed by atoms with Crippen molar-refractivity contribution >= 4 is 17.9 Å². The van der Waals surface area contributed by atoms with E-state index < -0.39 is 17.9 Å². The first-order valence-corrected chi connectivity index (χ1v) is 14.5. The lowest BCUT2D eigenvalue weighted by Gasteiger charge is -2.35. The zero-order valence-corrected chi connectivity index (χ0v) is 22.9. The van der Waals surface area contributed by atoms with Gasteiger partial charge >= 0.3 is 17.9 Å². The number of carboxylic acids is 3. The van der Waals surface area contributed by atoms with Crippen molar-refractivity contribution in [2.75, 3.05) is 19.6 Å². The number of quaternary nitrogens is 1. The topological polar surface area (TPSA) is 112 Å². The van der Waals surface area contributed by atoms with E-state index in [2.05, 4.69) is 19.2 Å². The molecule has 7 heteroatoms. The Labute approximate surface area is 219 Å². The van der Waals surface area contributed by atoms with Gasteiger partial charge in [0.1, 0.15) is 0 Å². The average Bonchev–Trinajstić information content (AvgIpc) is 2.80. The van der Waals surface area contributed by atoms with Crippen molar-refractivity contribution in [3.05, 3.63) is 12.3 Å². The number of carbonyl (C=O) groups is 3. The molecule has 0 unspecified atom stereocenters. The molecule has 0 aromatic heterocycles. The van der Waals surface area contributed by atoms with E-state index in [0.717, 1.165) is 12.8 Å². The molecule has 0 aromatic rings. The van der Waals surface area contributed by atoms with Gasteiger partial charge in [-0.2, -0.15) is 0 Å². The number of aliphatic carboxylic acids is 3. The van der Waals surface area contributed by atoms with Gasteiger partial charge in [0.05, 0.1) is 45.1 Å². The van der Waals surface area contributed by atoms with E-state index in [1.54, 1.807) is 0 Å². The van der Waals surface area contributed by atoms with Gasteiger partial charge in [-0.3, -0.25) is 18.9 Å². The van der Waals surface area contributed by atoms with Crippen molar-refractivity contribution < 1.29 is 34.2 Å². The molecule has 0 heterocycles. The first-order valence-electron chi connectivity index (χ1n) is 14.5. The summed E-state index contributed by atoms with van der Waals surface area (Å²) in [4.78, 5) is 33.1. The van der Waals surface area contributed by atoms with Crippen LogP contribution in [0.2, 0.25) is 0 Å². The molecule has 3 N–H and O–H groups in total. The maximum atomic E-state index is 11.0. The van der Waals surface area contributed by atoms with E-state index in [0.29, 0.717) is 43.4 Å². The Morgan fingerprint density at radius 1 is 0.528 bits per heavy atom. The fourth-order valence-corrected chi connectivity index (χ4v) is 4.77. The quantitative estimate of drug-likeness (QED) is 0.0781. The Hall–Kier alpha value is -1.89. The predicted octanol–water partition coefficient (Wildman–Crippen LogP) is 7.39. The van der Waals surface area contributed by atoms with Crippen LogP contribution in [0.4, 0.5) is 0 Å². The minimum Gasteiger partial charge on any atom is -0.481 e. The monoisotopic (exact) mass is 512 g/mol. The van der Waals surface area contributed by atoms with Gasteiger partial charge in [-0.15, -0.1) is 0 Å². The van der Waals surface area contributed by atoms with Crippen LogP contribution in [-0.2, 0) is 14.4 Å². The first kappa shape index (κ1) is 34.1. The SMILES string of the molecule is CCCCCCCCCCCCCCC/C=C/[N+](CCCC(=O)O)(CCCC(=O)O)CCCC(=O)O. The number of hydrogen-bond donors (Lipinski definition) is 3. The summed E-state index contributed by atoms with van der Waals surface area (Å²) in [7, 11) is 0. The molecule has 0 saturated carbocycles. The van der Waals surface area contributed by atoms with Gasteiger partial charge in [0, 0.05) is 19.3 Å². The van der Waals surface area contributed by atoms with E-state index in [4.69, 9.17) is 15.3 Å². The van der Waals surface area contributed by atoms with Crippen molar-refractivity contribution in [2.45, 2.75) is 135 Å².